The summed E-state index contributed by atoms with van der Waals surface area (Å²) in [5, 5.41) is 40.0. The fourth-order valence-corrected chi connectivity index (χ4v) is 3.29. The number of ether oxygens (including phenoxy) is 3. The lowest BCUT2D eigenvalue weighted by molar-refractivity contribution is -0.277. The fraction of sp³-hybridized carbons (Fsp3) is 0.333. The van der Waals surface area contributed by atoms with Gasteiger partial charge >= 0.3 is 0 Å². The smallest absolute Gasteiger partial charge is 0.229 e. The Morgan fingerprint density at radius 3 is 2.52 bits per heavy atom. The zero-order valence-corrected chi connectivity index (χ0v) is 15.5. The highest BCUT2D eigenvalue weighted by atomic mass is 16.7. The van der Waals surface area contributed by atoms with Crippen molar-refractivity contribution in [1.29, 1.82) is 0 Å². The number of rotatable bonds is 6. The Morgan fingerprint density at radius 2 is 1.76 bits per heavy atom. The number of hydrogen-bond donors (Lipinski definition) is 5. The molecule has 8 heteroatoms. The second kappa shape index (κ2) is 8.40. The summed E-state index contributed by atoms with van der Waals surface area (Å²) < 4.78 is 17.0. The molecule has 1 aromatic heterocycles. The van der Waals surface area contributed by atoms with Gasteiger partial charge in [-0.15, -0.1) is 0 Å². The van der Waals surface area contributed by atoms with Gasteiger partial charge in [-0.1, -0.05) is 30.3 Å². The summed E-state index contributed by atoms with van der Waals surface area (Å²) in [5.41, 5.74) is 1.83. The van der Waals surface area contributed by atoms with Gasteiger partial charge in [-0.25, -0.2) is 0 Å². The van der Waals surface area contributed by atoms with Crippen molar-refractivity contribution in [1.82, 2.24) is 4.98 Å². The van der Waals surface area contributed by atoms with E-state index in [2.05, 4.69) is 4.98 Å². The Hall–Kier alpha value is -2.62. The summed E-state index contributed by atoms with van der Waals surface area (Å²) in [7, 11) is 0. The largest absolute Gasteiger partial charge is 0.489 e. The Kier molecular flexibility index (Phi) is 5.70. The Labute approximate surface area is 166 Å². The Balaban J connectivity index is 1.51. The van der Waals surface area contributed by atoms with Gasteiger partial charge in [0.2, 0.25) is 6.29 Å². The monoisotopic (exact) mass is 401 g/mol. The van der Waals surface area contributed by atoms with Gasteiger partial charge in [-0.3, -0.25) is 0 Å². The topological polar surface area (TPSA) is 124 Å². The van der Waals surface area contributed by atoms with Gasteiger partial charge < -0.3 is 39.6 Å². The summed E-state index contributed by atoms with van der Waals surface area (Å²) in [5.74, 6) is 1.02. The molecule has 2 heterocycles. The average Bonchev–Trinajstić information content (AvgIpc) is 3.15. The van der Waals surface area contributed by atoms with Crippen molar-refractivity contribution in [2.24, 2.45) is 0 Å². The summed E-state index contributed by atoms with van der Waals surface area (Å²) in [6, 6.07) is 15.3. The molecule has 1 aliphatic heterocycles. The van der Waals surface area contributed by atoms with Crippen molar-refractivity contribution in [2.75, 3.05) is 6.61 Å². The first-order valence-corrected chi connectivity index (χ1v) is 9.32. The number of benzene rings is 2. The number of aromatic amines is 1. The van der Waals surface area contributed by atoms with E-state index in [1.54, 1.807) is 12.3 Å². The first kappa shape index (κ1) is 19.7. The van der Waals surface area contributed by atoms with E-state index in [9.17, 15) is 20.4 Å². The highest BCUT2D eigenvalue weighted by molar-refractivity contribution is 5.87. The number of aliphatic hydroxyl groups excluding tert-OH is 4. The van der Waals surface area contributed by atoms with Crippen LogP contribution in [0.4, 0.5) is 0 Å². The lowest BCUT2D eigenvalue weighted by Crippen LogP contribution is -2.60. The van der Waals surface area contributed by atoms with Crippen LogP contribution < -0.4 is 9.47 Å². The van der Waals surface area contributed by atoms with Crippen LogP contribution in [0.5, 0.6) is 11.5 Å². The maximum atomic E-state index is 10.2. The summed E-state index contributed by atoms with van der Waals surface area (Å²) >= 11 is 0. The molecule has 2 aromatic carbocycles. The first-order valence-electron chi connectivity index (χ1n) is 9.32. The van der Waals surface area contributed by atoms with Crippen LogP contribution in [0.1, 0.15) is 5.56 Å². The van der Waals surface area contributed by atoms with Gasteiger partial charge in [0.15, 0.2) is 0 Å². The third-order valence-corrected chi connectivity index (χ3v) is 4.96. The van der Waals surface area contributed by atoms with Crippen molar-refractivity contribution in [3.8, 4) is 11.5 Å². The molecular weight excluding hydrogens is 378 g/mol. The van der Waals surface area contributed by atoms with Gasteiger partial charge in [0.25, 0.3) is 0 Å². The highest BCUT2D eigenvalue weighted by Gasteiger charge is 2.44. The number of aliphatic hydroxyl groups is 4. The maximum absolute atomic E-state index is 10.2. The van der Waals surface area contributed by atoms with Gasteiger partial charge in [0.1, 0.15) is 42.5 Å². The van der Waals surface area contributed by atoms with Crippen molar-refractivity contribution in [3.63, 3.8) is 0 Å². The number of hydrogen-bond acceptors (Lipinski definition) is 7. The van der Waals surface area contributed by atoms with E-state index >= 15 is 0 Å². The number of H-pyrrole nitrogens is 1. The quantitative estimate of drug-likeness (QED) is 0.416. The molecule has 1 saturated heterocycles. The SMILES string of the molecule is OC[C@@H]1O[C@@H](Oc2c[nH]c3ccc(OCc4ccccc4)cc23)[C@H](O)[C@H](O)[C@@H]1O. The number of fused-ring (bicyclic) bond motifs is 1. The van der Waals surface area contributed by atoms with Crippen LogP contribution in [0.3, 0.4) is 0 Å². The molecule has 0 aliphatic carbocycles. The van der Waals surface area contributed by atoms with E-state index in [1.165, 1.54) is 0 Å². The molecule has 5 atom stereocenters. The lowest BCUT2D eigenvalue weighted by Gasteiger charge is -2.39. The van der Waals surface area contributed by atoms with Crippen LogP contribution >= 0.6 is 0 Å². The average molecular weight is 401 g/mol. The molecule has 0 bridgehead atoms. The van der Waals surface area contributed by atoms with Gasteiger partial charge in [0.05, 0.1) is 6.61 Å². The first-order chi connectivity index (χ1) is 14.1. The van der Waals surface area contributed by atoms with Crippen LogP contribution in [0, 0.1) is 0 Å². The van der Waals surface area contributed by atoms with E-state index in [4.69, 9.17) is 14.2 Å². The van der Waals surface area contributed by atoms with Crippen molar-refractivity contribution in [2.45, 2.75) is 37.3 Å². The Morgan fingerprint density at radius 1 is 0.966 bits per heavy atom. The molecule has 4 rings (SSSR count). The molecule has 0 radical (unpaired) electrons. The predicted octanol–water partition coefficient (Wildman–Crippen LogP) is 0.926. The second-order valence-corrected chi connectivity index (χ2v) is 6.95. The standard InChI is InChI=1S/C21H23NO7/c23-10-17-18(24)19(25)20(26)21(29-17)28-16-9-22-15-7-6-13(8-14(15)16)27-11-12-4-2-1-3-5-12/h1-9,17-26H,10-11H2/t17-,18+,19+,20+,21+/m0/s1. The van der Waals surface area contributed by atoms with Crippen molar-refractivity contribution < 1.29 is 34.6 Å². The molecule has 1 fully saturated rings. The zero-order chi connectivity index (χ0) is 20.4. The molecule has 154 valence electrons. The molecule has 0 unspecified atom stereocenters. The van der Waals surface area contributed by atoms with Crippen molar-refractivity contribution >= 4 is 10.9 Å². The third-order valence-electron chi connectivity index (χ3n) is 4.96. The predicted molar refractivity (Wildman–Crippen MR) is 103 cm³/mol. The zero-order valence-electron chi connectivity index (χ0n) is 15.5. The minimum absolute atomic E-state index is 0.384. The summed E-state index contributed by atoms with van der Waals surface area (Å²) in [4.78, 5) is 3.06. The van der Waals surface area contributed by atoms with Crippen LogP contribution in [-0.4, -0.2) is 62.7 Å². The molecule has 0 saturated carbocycles. The van der Waals surface area contributed by atoms with Gasteiger partial charge in [0, 0.05) is 17.1 Å². The van der Waals surface area contributed by atoms with E-state index in [1.807, 2.05) is 42.5 Å². The number of nitrogens with one attached hydrogen (secondary N) is 1. The summed E-state index contributed by atoms with van der Waals surface area (Å²) in [6.07, 6.45) is -5.09. The van der Waals surface area contributed by atoms with Gasteiger partial charge in [-0.2, -0.15) is 0 Å². The molecule has 1 aliphatic rings. The molecule has 0 amide bonds. The fourth-order valence-electron chi connectivity index (χ4n) is 3.29. The van der Waals surface area contributed by atoms with Crippen LogP contribution in [0.25, 0.3) is 10.9 Å². The molecule has 3 aromatic rings. The molecule has 29 heavy (non-hydrogen) atoms. The lowest BCUT2D eigenvalue weighted by atomic mass is 9.99. The number of aromatic nitrogens is 1. The molecule has 0 spiro atoms. The minimum atomic E-state index is -1.50. The van der Waals surface area contributed by atoms with Crippen LogP contribution in [0.15, 0.2) is 54.7 Å². The van der Waals surface area contributed by atoms with E-state index in [-0.39, 0.29) is 0 Å². The van der Waals surface area contributed by atoms with Crippen LogP contribution in [0.2, 0.25) is 0 Å². The van der Waals surface area contributed by atoms with Crippen LogP contribution in [-0.2, 0) is 11.3 Å². The van der Waals surface area contributed by atoms with E-state index in [0.717, 1.165) is 11.1 Å². The minimum Gasteiger partial charge on any atom is -0.489 e. The van der Waals surface area contributed by atoms with Gasteiger partial charge in [-0.05, 0) is 23.8 Å². The normalized spacial score (nSPS) is 27.1. The molecule has 5 N–H and O–H groups in total. The second-order valence-electron chi connectivity index (χ2n) is 6.95. The summed E-state index contributed by atoms with van der Waals surface area (Å²) in [6.45, 7) is -0.101. The third kappa shape index (κ3) is 4.07. The Bertz CT molecular complexity index is 943. The molecule has 8 nitrogen and oxygen atoms in total. The molecular formula is C21H23NO7. The van der Waals surface area contributed by atoms with Crippen molar-refractivity contribution in [3.05, 3.63) is 60.3 Å². The van der Waals surface area contributed by atoms with E-state index in [0.29, 0.717) is 23.5 Å². The maximum Gasteiger partial charge on any atom is 0.229 e. The highest BCUT2D eigenvalue weighted by Crippen LogP contribution is 2.32. The van der Waals surface area contributed by atoms with E-state index < -0.39 is 37.3 Å².